The third kappa shape index (κ3) is 2.10. The molecule has 1 aliphatic rings. The second-order valence-corrected chi connectivity index (χ2v) is 5.55. The van der Waals surface area contributed by atoms with E-state index in [4.69, 9.17) is 0 Å². The average Bonchev–Trinajstić information content (AvgIpc) is 2.80. The van der Waals surface area contributed by atoms with Crippen molar-refractivity contribution in [2.24, 2.45) is 0 Å². The first-order valence-electron chi connectivity index (χ1n) is 7.59. The lowest BCUT2D eigenvalue weighted by Crippen LogP contribution is -2.24. The van der Waals surface area contributed by atoms with Crippen LogP contribution in [0, 0.1) is 11.8 Å². The highest BCUT2D eigenvalue weighted by atomic mass is 14.4. The third-order valence-corrected chi connectivity index (χ3v) is 4.36. The fourth-order valence-corrected chi connectivity index (χ4v) is 3.48. The number of benzene rings is 2. The predicted octanol–water partition coefficient (Wildman–Crippen LogP) is 5.33. The number of hydrogen-bond donors (Lipinski definition) is 0. The van der Waals surface area contributed by atoms with E-state index in [2.05, 4.69) is 73.9 Å². The predicted molar refractivity (Wildman–Crippen MR) is 90.2 cm³/mol. The molecule has 0 N–H and O–H groups in total. The summed E-state index contributed by atoms with van der Waals surface area (Å²) < 4.78 is 0. The smallest absolute Gasteiger partial charge is 0.0358 e. The van der Waals surface area contributed by atoms with Crippen LogP contribution in [0.2, 0.25) is 0 Å². The molecule has 2 aromatic rings. The second kappa shape index (κ2) is 5.62. The Morgan fingerprint density at radius 2 is 1.52 bits per heavy atom. The molecule has 104 valence electrons. The molecule has 0 aliphatic heterocycles. The van der Waals surface area contributed by atoms with Crippen LogP contribution < -0.4 is 0 Å². The summed E-state index contributed by atoms with van der Waals surface area (Å²) in [4.78, 5) is 0. The summed E-state index contributed by atoms with van der Waals surface area (Å²) in [6, 6.07) is 17.5. The van der Waals surface area contributed by atoms with Crippen LogP contribution in [0.4, 0.5) is 0 Å². The van der Waals surface area contributed by atoms with E-state index < -0.39 is 0 Å². The van der Waals surface area contributed by atoms with Crippen molar-refractivity contribution < 1.29 is 0 Å². The van der Waals surface area contributed by atoms with Crippen molar-refractivity contribution in [2.75, 3.05) is 0 Å². The molecule has 0 radical (unpaired) electrons. The van der Waals surface area contributed by atoms with Crippen molar-refractivity contribution in [3.63, 3.8) is 0 Å². The Hall–Kier alpha value is -2.26. The van der Waals surface area contributed by atoms with Crippen LogP contribution in [-0.2, 0) is 5.41 Å². The van der Waals surface area contributed by atoms with Gasteiger partial charge < -0.3 is 0 Å². The highest BCUT2D eigenvalue weighted by Crippen LogP contribution is 2.52. The zero-order chi connectivity index (χ0) is 14.7. The molecule has 0 bridgehead atoms. The normalized spacial score (nSPS) is 13.8. The van der Waals surface area contributed by atoms with Crippen molar-refractivity contribution in [1.82, 2.24) is 0 Å². The van der Waals surface area contributed by atoms with E-state index >= 15 is 0 Å². The Labute approximate surface area is 127 Å². The first-order valence-corrected chi connectivity index (χ1v) is 7.59. The number of hydrogen-bond acceptors (Lipinski definition) is 0. The van der Waals surface area contributed by atoms with Gasteiger partial charge in [-0.15, -0.1) is 18.4 Å². The van der Waals surface area contributed by atoms with Gasteiger partial charge in [0.05, 0.1) is 0 Å². The van der Waals surface area contributed by atoms with Gasteiger partial charge in [0.15, 0.2) is 0 Å². The minimum absolute atomic E-state index is 0.0306. The molecule has 1 aliphatic carbocycles. The van der Waals surface area contributed by atoms with E-state index in [0.717, 1.165) is 19.3 Å². The lowest BCUT2D eigenvalue weighted by atomic mass is 9.73. The van der Waals surface area contributed by atoms with Crippen molar-refractivity contribution in [1.29, 1.82) is 0 Å². The van der Waals surface area contributed by atoms with Gasteiger partial charge in [-0.05, 0) is 28.7 Å². The molecule has 0 atom stereocenters. The quantitative estimate of drug-likeness (QED) is 0.523. The summed E-state index contributed by atoms with van der Waals surface area (Å²) in [6.45, 7) is 6.10. The van der Waals surface area contributed by atoms with Crippen molar-refractivity contribution >= 4 is 0 Å². The van der Waals surface area contributed by atoms with Gasteiger partial charge in [0.2, 0.25) is 0 Å². The molecule has 0 heterocycles. The average molecular weight is 272 g/mol. The fraction of sp³-hybridized carbons (Fsp3) is 0.238. The molecular formula is C21H20. The van der Waals surface area contributed by atoms with Crippen LogP contribution in [0.25, 0.3) is 11.1 Å². The molecule has 0 saturated carbocycles. The van der Waals surface area contributed by atoms with Crippen LogP contribution in [0.15, 0.2) is 61.2 Å². The Bertz CT molecular complexity index is 679. The molecule has 2 aromatic carbocycles. The van der Waals surface area contributed by atoms with E-state index in [-0.39, 0.29) is 5.41 Å². The summed E-state index contributed by atoms with van der Waals surface area (Å²) in [7, 11) is 0. The lowest BCUT2D eigenvalue weighted by molar-refractivity contribution is 0.551. The van der Waals surface area contributed by atoms with Gasteiger partial charge >= 0.3 is 0 Å². The van der Waals surface area contributed by atoms with Gasteiger partial charge in [0.1, 0.15) is 0 Å². The van der Waals surface area contributed by atoms with Crippen LogP contribution in [0.3, 0.4) is 0 Å². The number of fused-ring (bicyclic) bond motifs is 3. The minimum Gasteiger partial charge on any atom is -0.104 e. The van der Waals surface area contributed by atoms with Crippen molar-refractivity contribution in [3.05, 3.63) is 72.3 Å². The Morgan fingerprint density at radius 1 is 0.952 bits per heavy atom. The molecule has 0 heteroatoms. The van der Waals surface area contributed by atoms with Crippen molar-refractivity contribution in [3.8, 4) is 23.0 Å². The molecule has 0 saturated heterocycles. The van der Waals surface area contributed by atoms with Gasteiger partial charge in [0, 0.05) is 18.3 Å². The van der Waals surface area contributed by atoms with E-state index in [9.17, 15) is 0 Å². The molecule has 3 rings (SSSR count). The molecule has 0 spiro atoms. The Morgan fingerprint density at radius 3 is 2.05 bits per heavy atom. The summed E-state index contributed by atoms with van der Waals surface area (Å²) >= 11 is 0. The number of rotatable bonds is 3. The van der Waals surface area contributed by atoms with Crippen molar-refractivity contribution in [2.45, 2.75) is 31.6 Å². The summed E-state index contributed by atoms with van der Waals surface area (Å²) in [6.07, 6.45) is 4.74. The van der Waals surface area contributed by atoms with Gasteiger partial charge in [-0.2, -0.15) is 0 Å². The maximum absolute atomic E-state index is 4.00. The molecular weight excluding hydrogens is 252 g/mol. The van der Waals surface area contributed by atoms with Gasteiger partial charge in [-0.1, -0.05) is 61.5 Å². The maximum Gasteiger partial charge on any atom is 0.0358 e. The van der Waals surface area contributed by atoms with E-state index in [1.165, 1.54) is 22.3 Å². The minimum atomic E-state index is -0.0306. The molecule has 0 amide bonds. The zero-order valence-corrected chi connectivity index (χ0v) is 12.5. The highest BCUT2D eigenvalue weighted by Gasteiger charge is 2.41. The largest absolute Gasteiger partial charge is 0.104 e. The maximum atomic E-state index is 4.00. The second-order valence-electron chi connectivity index (χ2n) is 5.55. The standard InChI is InChI=1S/C21H20/c1-3-5-10-16-21(15-4-2)19-13-8-6-11-17(19)18-12-7-9-14-20(18)21/h4,6-9,11-14H,2-3,15-16H2,1H3. The Kier molecular flexibility index (Phi) is 3.67. The summed E-state index contributed by atoms with van der Waals surface area (Å²) in [5.74, 6) is 6.62. The first-order chi connectivity index (χ1) is 10.3. The SMILES string of the molecule is C=CCC1(CC#CCC)c2ccccc2-c2ccccc21. The molecule has 0 nitrogen and oxygen atoms in total. The third-order valence-electron chi connectivity index (χ3n) is 4.36. The van der Waals surface area contributed by atoms with E-state index in [1.807, 2.05) is 6.08 Å². The van der Waals surface area contributed by atoms with Gasteiger partial charge in [-0.3, -0.25) is 0 Å². The zero-order valence-electron chi connectivity index (χ0n) is 12.5. The number of allylic oxidation sites excluding steroid dienone is 1. The monoisotopic (exact) mass is 272 g/mol. The summed E-state index contributed by atoms with van der Waals surface area (Å²) in [5, 5.41) is 0. The first kappa shape index (κ1) is 13.7. The molecule has 0 fully saturated rings. The van der Waals surface area contributed by atoms with E-state index in [1.54, 1.807) is 0 Å². The topological polar surface area (TPSA) is 0 Å². The van der Waals surface area contributed by atoms with E-state index in [0.29, 0.717) is 0 Å². The molecule has 0 unspecified atom stereocenters. The molecule has 0 aromatic heterocycles. The van der Waals surface area contributed by atoms with Gasteiger partial charge in [-0.25, -0.2) is 0 Å². The summed E-state index contributed by atoms with van der Waals surface area (Å²) in [5.41, 5.74) is 5.48. The fourth-order valence-electron chi connectivity index (χ4n) is 3.48. The lowest BCUT2D eigenvalue weighted by Gasteiger charge is -2.29. The van der Waals surface area contributed by atoms with Crippen LogP contribution in [-0.4, -0.2) is 0 Å². The van der Waals surface area contributed by atoms with Crippen LogP contribution >= 0.6 is 0 Å². The van der Waals surface area contributed by atoms with Crippen LogP contribution in [0.5, 0.6) is 0 Å². The Balaban J connectivity index is 2.24. The highest BCUT2D eigenvalue weighted by molar-refractivity contribution is 5.81. The van der Waals surface area contributed by atoms with Crippen LogP contribution in [0.1, 0.15) is 37.3 Å². The molecule has 21 heavy (non-hydrogen) atoms. The van der Waals surface area contributed by atoms with Gasteiger partial charge in [0.25, 0.3) is 0 Å².